The van der Waals surface area contributed by atoms with Gasteiger partial charge in [0.1, 0.15) is 0 Å². The van der Waals surface area contributed by atoms with Crippen molar-refractivity contribution in [3.8, 4) is 0 Å². The summed E-state index contributed by atoms with van der Waals surface area (Å²) in [4.78, 5) is 40.2. The maximum absolute atomic E-state index is 14.1. The van der Waals surface area contributed by atoms with Gasteiger partial charge in [0.25, 0.3) is 11.5 Å². The predicted molar refractivity (Wildman–Crippen MR) is 137 cm³/mol. The SMILES string of the molecule is CCn1nc(C(=O)N(Cc2ccccc2)C(C)c2cccc(NC(C)=O)c2)c2ccccc2c1=O. The van der Waals surface area contributed by atoms with Crippen LogP contribution in [-0.4, -0.2) is 26.5 Å². The number of nitrogens with one attached hydrogen (secondary N) is 1. The monoisotopic (exact) mass is 468 g/mol. The van der Waals surface area contributed by atoms with Crippen molar-refractivity contribution in [3.05, 3.63) is 106 Å². The molecule has 35 heavy (non-hydrogen) atoms. The van der Waals surface area contributed by atoms with Gasteiger partial charge in [0.05, 0.1) is 11.4 Å². The second-order valence-corrected chi connectivity index (χ2v) is 8.42. The number of amides is 2. The number of rotatable bonds is 7. The van der Waals surface area contributed by atoms with E-state index in [1.54, 1.807) is 29.2 Å². The van der Waals surface area contributed by atoms with Gasteiger partial charge < -0.3 is 10.2 Å². The Hall–Kier alpha value is -4.26. The second-order valence-electron chi connectivity index (χ2n) is 8.42. The summed E-state index contributed by atoms with van der Waals surface area (Å²) in [6, 6.07) is 24.0. The fourth-order valence-electron chi connectivity index (χ4n) is 4.17. The van der Waals surface area contributed by atoms with Crippen LogP contribution in [0.4, 0.5) is 5.69 Å². The zero-order valence-electron chi connectivity index (χ0n) is 20.1. The van der Waals surface area contributed by atoms with Crippen molar-refractivity contribution in [3.63, 3.8) is 0 Å². The summed E-state index contributed by atoms with van der Waals surface area (Å²) < 4.78 is 1.33. The minimum atomic E-state index is -0.334. The lowest BCUT2D eigenvalue weighted by Gasteiger charge is -2.30. The van der Waals surface area contributed by atoms with Crippen molar-refractivity contribution in [1.82, 2.24) is 14.7 Å². The van der Waals surface area contributed by atoms with Gasteiger partial charge in [-0.05, 0) is 43.2 Å². The molecule has 0 bridgehead atoms. The molecule has 7 nitrogen and oxygen atoms in total. The summed E-state index contributed by atoms with van der Waals surface area (Å²) in [6.07, 6.45) is 0. The van der Waals surface area contributed by atoms with Crippen LogP contribution in [0.3, 0.4) is 0 Å². The largest absolute Gasteiger partial charge is 0.326 e. The lowest BCUT2D eigenvalue weighted by Crippen LogP contribution is -2.36. The standard InChI is InChI=1S/C28H28N4O3/c1-4-32-27(34)25-16-9-8-15-24(25)26(30-32)28(35)31(18-21-11-6-5-7-12-21)19(2)22-13-10-14-23(17-22)29-20(3)33/h5-17,19H,4,18H2,1-3H3,(H,29,33). The summed E-state index contributed by atoms with van der Waals surface area (Å²) in [5.41, 5.74) is 2.53. The molecular formula is C28H28N4O3. The first kappa shape index (κ1) is 23.9. The van der Waals surface area contributed by atoms with E-state index in [0.29, 0.717) is 29.5 Å². The Labute approximate surface area is 204 Å². The van der Waals surface area contributed by atoms with Crippen LogP contribution in [0.25, 0.3) is 10.8 Å². The molecule has 1 aromatic heterocycles. The third kappa shape index (κ3) is 5.14. The first-order chi connectivity index (χ1) is 16.9. The van der Waals surface area contributed by atoms with Gasteiger partial charge >= 0.3 is 0 Å². The fraction of sp³-hybridized carbons (Fsp3) is 0.214. The highest BCUT2D eigenvalue weighted by molar-refractivity contribution is 6.05. The first-order valence-electron chi connectivity index (χ1n) is 11.6. The van der Waals surface area contributed by atoms with Crippen molar-refractivity contribution in [2.45, 2.75) is 39.9 Å². The molecule has 0 aliphatic carbocycles. The van der Waals surface area contributed by atoms with Gasteiger partial charge in [-0.25, -0.2) is 4.68 Å². The van der Waals surface area contributed by atoms with Gasteiger partial charge in [0.15, 0.2) is 5.69 Å². The molecule has 0 fully saturated rings. The fourth-order valence-corrected chi connectivity index (χ4v) is 4.17. The van der Waals surface area contributed by atoms with Crippen LogP contribution in [0.1, 0.15) is 48.4 Å². The van der Waals surface area contributed by atoms with Crippen LogP contribution < -0.4 is 10.9 Å². The van der Waals surface area contributed by atoms with E-state index < -0.39 is 0 Å². The quantitative estimate of drug-likeness (QED) is 0.423. The highest BCUT2D eigenvalue weighted by Gasteiger charge is 2.27. The average molecular weight is 469 g/mol. The van der Waals surface area contributed by atoms with Crippen LogP contribution in [0.15, 0.2) is 83.7 Å². The van der Waals surface area contributed by atoms with E-state index in [1.165, 1.54) is 11.6 Å². The number of hydrogen-bond donors (Lipinski definition) is 1. The normalized spacial score (nSPS) is 11.7. The summed E-state index contributed by atoms with van der Waals surface area (Å²) in [5, 5.41) is 8.27. The van der Waals surface area contributed by atoms with Gasteiger partial charge in [0.2, 0.25) is 5.91 Å². The van der Waals surface area contributed by atoms with Crippen molar-refractivity contribution >= 4 is 28.3 Å². The maximum atomic E-state index is 14.1. The summed E-state index contributed by atoms with van der Waals surface area (Å²) in [7, 11) is 0. The third-order valence-corrected chi connectivity index (χ3v) is 5.98. The van der Waals surface area contributed by atoms with Crippen molar-refractivity contribution in [2.24, 2.45) is 0 Å². The molecule has 7 heteroatoms. The van der Waals surface area contributed by atoms with Gasteiger partial charge in [-0.15, -0.1) is 0 Å². The Balaban J connectivity index is 1.82. The predicted octanol–water partition coefficient (Wildman–Crippen LogP) is 4.78. The topological polar surface area (TPSA) is 84.3 Å². The number of hydrogen-bond acceptors (Lipinski definition) is 4. The van der Waals surface area contributed by atoms with Gasteiger partial charge in [-0.3, -0.25) is 14.4 Å². The molecule has 0 aliphatic heterocycles. The molecular weight excluding hydrogens is 440 g/mol. The number of carbonyl (C=O) groups is 2. The molecule has 0 aliphatic rings. The molecule has 4 aromatic rings. The molecule has 0 spiro atoms. The van der Waals surface area contributed by atoms with Crippen LogP contribution >= 0.6 is 0 Å². The minimum absolute atomic E-state index is 0.162. The van der Waals surface area contributed by atoms with E-state index in [-0.39, 0.29) is 29.1 Å². The summed E-state index contributed by atoms with van der Waals surface area (Å²) >= 11 is 0. The molecule has 3 aromatic carbocycles. The Kier molecular flexibility index (Phi) is 7.06. The molecule has 0 saturated heterocycles. The van der Waals surface area contributed by atoms with Gasteiger partial charge in [0, 0.05) is 31.1 Å². The first-order valence-corrected chi connectivity index (χ1v) is 11.6. The van der Waals surface area contributed by atoms with Gasteiger partial charge in [-0.2, -0.15) is 5.10 Å². The van der Waals surface area contributed by atoms with Crippen LogP contribution in [0.5, 0.6) is 0 Å². The summed E-state index contributed by atoms with van der Waals surface area (Å²) in [6.45, 7) is 5.95. The molecule has 0 saturated carbocycles. The third-order valence-electron chi connectivity index (χ3n) is 5.98. The van der Waals surface area contributed by atoms with Crippen LogP contribution in [0, 0.1) is 0 Å². The smallest absolute Gasteiger partial charge is 0.275 e. The molecule has 178 valence electrons. The number of carbonyl (C=O) groups excluding carboxylic acids is 2. The van der Waals surface area contributed by atoms with Crippen molar-refractivity contribution < 1.29 is 9.59 Å². The van der Waals surface area contributed by atoms with Crippen LogP contribution in [-0.2, 0) is 17.9 Å². The summed E-state index contributed by atoms with van der Waals surface area (Å²) in [5.74, 6) is -0.436. The number of aromatic nitrogens is 2. The molecule has 1 unspecified atom stereocenters. The minimum Gasteiger partial charge on any atom is -0.326 e. The number of fused-ring (bicyclic) bond motifs is 1. The molecule has 0 radical (unpaired) electrons. The number of anilines is 1. The second kappa shape index (κ2) is 10.3. The maximum Gasteiger partial charge on any atom is 0.275 e. The lowest BCUT2D eigenvalue weighted by atomic mass is 10.0. The molecule has 2 amide bonds. The number of aryl methyl sites for hydroxylation is 1. The van der Waals surface area contributed by atoms with E-state index in [2.05, 4.69) is 10.4 Å². The van der Waals surface area contributed by atoms with E-state index in [1.807, 2.05) is 68.4 Å². The zero-order chi connectivity index (χ0) is 24.9. The van der Waals surface area contributed by atoms with Crippen molar-refractivity contribution in [2.75, 3.05) is 5.32 Å². The Morgan fingerprint density at radius 3 is 2.34 bits per heavy atom. The molecule has 1 heterocycles. The highest BCUT2D eigenvalue weighted by Crippen LogP contribution is 2.28. The number of benzene rings is 3. The number of nitrogens with zero attached hydrogens (tertiary/aromatic N) is 3. The molecule has 1 N–H and O–H groups in total. The van der Waals surface area contributed by atoms with E-state index in [0.717, 1.165) is 11.1 Å². The molecule has 4 rings (SSSR count). The van der Waals surface area contributed by atoms with Gasteiger partial charge in [-0.1, -0.05) is 60.7 Å². The van der Waals surface area contributed by atoms with Crippen LogP contribution in [0.2, 0.25) is 0 Å². The van der Waals surface area contributed by atoms with E-state index >= 15 is 0 Å². The van der Waals surface area contributed by atoms with E-state index in [9.17, 15) is 14.4 Å². The molecule has 1 atom stereocenters. The Morgan fingerprint density at radius 1 is 0.971 bits per heavy atom. The average Bonchev–Trinajstić information content (AvgIpc) is 2.87. The Bertz CT molecular complexity index is 1430. The van der Waals surface area contributed by atoms with Crippen molar-refractivity contribution in [1.29, 1.82) is 0 Å². The zero-order valence-corrected chi connectivity index (χ0v) is 20.1. The van der Waals surface area contributed by atoms with E-state index in [4.69, 9.17) is 0 Å². The highest BCUT2D eigenvalue weighted by atomic mass is 16.2. The Morgan fingerprint density at radius 2 is 1.66 bits per heavy atom. The lowest BCUT2D eigenvalue weighted by molar-refractivity contribution is -0.114.